The molecule has 0 aliphatic carbocycles. The molecule has 0 saturated heterocycles. The second-order valence-corrected chi connectivity index (χ2v) is 6.00. The molecule has 3 aromatic rings. The molecule has 0 aliphatic rings. The monoisotopic (exact) mass is 360 g/mol. The maximum absolute atomic E-state index is 12.4. The van der Waals surface area contributed by atoms with Crippen molar-refractivity contribution in [2.24, 2.45) is 5.73 Å². The summed E-state index contributed by atoms with van der Waals surface area (Å²) in [5.74, 6) is -0.259. The Bertz CT molecular complexity index is 854. The van der Waals surface area contributed by atoms with Gasteiger partial charge in [-0.15, -0.1) is 0 Å². The molecule has 5 nitrogen and oxygen atoms in total. The Morgan fingerprint density at radius 3 is 1.81 bits per heavy atom. The highest BCUT2D eigenvalue weighted by atomic mass is 16.5. The average Bonchev–Trinajstić information content (AvgIpc) is 2.72. The lowest BCUT2D eigenvalue weighted by Gasteiger charge is -2.20. The number of ether oxygens (including phenoxy) is 1. The Hall–Kier alpha value is -3.60. The molecule has 0 heterocycles. The summed E-state index contributed by atoms with van der Waals surface area (Å²) in [5.41, 5.74) is 7.57. The number of carbonyl (C=O) groups is 2. The fourth-order valence-electron chi connectivity index (χ4n) is 2.72. The van der Waals surface area contributed by atoms with Crippen molar-refractivity contribution in [2.75, 3.05) is 6.61 Å². The van der Waals surface area contributed by atoms with Crippen LogP contribution in [0.1, 0.15) is 27.5 Å². The number of hydrogen-bond acceptors (Lipinski definition) is 3. The molecule has 0 aromatic heterocycles. The highest BCUT2D eigenvalue weighted by Gasteiger charge is 2.16. The third-order valence-corrected chi connectivity index (χ3v) is 4.08. The van der Waals surface area contributed by atoms with Crippen LogP contribution in [0.3, 0.4) is 0 Å². The zero-order valence-corrected chi connectivity index (χ0v) is 14.7. The van der Waals surface area contributed by atoms with E-state index in [9.17, 15) is 9.59 Å². The minimum Gasteiger partial charge on any atom is -0.484 e. The number of nitrogens with two attached hydrogens (primary N) is 1. The van der Waals surface area contributed by atoms with Gasteiger partial charge in [-0.2, -0.15) is 0 Å². The van der Waals surface area contributed by atoms with Gasteiger partial charge in [0.15, 0.2) is 6.61 Å². The summed E-state index contributed by atoms with van der Waals surface area (Å²) in [5, 5.41) is 3.01. The van der Waals surface area contributed by atoms with Crippen molar-refractivity contribution < 1.29 is 14.3 Å². The number of carbonyl (C=O) groups excluding carboxylic acids is 2. The van der Waals surface area contributed by atoms with Gasteiger partial charge in [0.2, 0.25) is 5.91 Å². The van der Waals surface area contributed by atoms with Crippen LogP contribution in [0.2, 0.25) is 0 Å². The number of amides is 2. The third-order valence-electron chi connectivity index (χ3n) is 4.08. The molecule has 0 spiro atoms. The Balaban J connectivity index is 1.67. The lowest BCUT2D eigenvalue weighted by molar-refractivity contribution is -0.123. The molecule has 0 bridgehead atoms. The van der Waals surface area contributed by atoms with Gasteiger partial charge in [-0.25, -0.2) is 0 Å². The molecule has 3 rings (SSSR count). The first kappa shape index (κ1) is 18.2. The first-order valence-corrected chi connectivity index (χ1v) is 8.55. The van der Waals surface area contributed by atoms with E-state index in [1.165, 1.54) is 0 Å². The lowest BCUT2D eigenvalue weighted by Crippen LogP contribution is -2.33. The molecule has 0 aliphatic heterocycles. The Kier molecular flexibility index (Phi) is 5.84. The summed E-state index contributed by atoms with van der Waals surface area (Å²) in [7, 11) is 0. The molecule has 0 fully saturated rings. The van der Waals surface area contributed by atoms with E-state index in [-0.39, 0.29) is 18.6 Å². The van der Waals surface area contributed by atoms with E-state index in [1.807, 2.05) is 60.7 Å². The fourth-order valence-corrected chi connectivity index (χ4v) is 2.72. The standard InChI is InChI=1S/C22H20N2O3/c23-22(26)18-11-13-19(14-12-18)27-15-20(25)24-21(16-7-3-1-4-8-16)17-9-5-2-6-10-17/h1-14,21H,15H2,(H2,23,26)(H,24,25). The van der Waals surface area contributed by atoms with Crippen LogP contribution in [-0.2, 0) is 4.79 Å². The van der Waals surface area contributed by atoms with Gasteiger partial charge in [-0.1, -0.05) is 60.7 Å². The zero-order chi connectivity index (χ0) is 19.1. The fraction of sp³-hybridized carbons (Fsp3) is 0.0909. The summed E-state index contributed by atoms with van der Waals surface area (Å²) < 4.78 is 5.51. The van der Waals surface area contributed by atoms with E-state index in [0.29, 0.717) is 11.3 Å². The molecular weight excluding hydrogens is 340 g/mol. The summed E-state index contributed by atoms with van der Waals surface area (Å²) in [6, 6.07) is 25.6. The molecular formula is C22H20N2O3. The van der Waals surface area contributed by atoms with Gasteiger partial charge < -0.3 is 15.8 Å². The van der Waals surface area contributed by atoms with Crippen molar-refractivity contribution in [3.8, 4) is 5.75 Å². The van der Waals surface area contributed by atoms with Gasteiger partial charge >= 0.3 is 0 Å². The van der Waals surface area contributed by atoms with Crippen molar-refractivity contribution in [1.82, 2.24) is 5.32 Å². The van der Waals surface area contributed by atoms with Gasteiger partial charge in [0.05, 0.1) is 6.04 Å². The van der Waals surface area contributed by atoms with E-state index in [1.54, 1.807) is 24.3 Å². The number of benzene rings is 3. The minimum atomic E-state index is -0.507. The molecule has 0 saturated carbocycles. The second kappa shape index (κ2) is 8.67. The second-order valence-electron chi connectivity index (χ2n) is 6.00. The van der Waals surface area contributed by atoms with Gasteiger partial charge in [0, 0.05) is 5.56 Å². The van der Waals surface area contributed by atoms with Crippen LogP contribution in [0.4, 0.5) is 0 Å². The molecule has 5 heteroatoms. The molecule has 0 radical (unpaired) electrons. The SMILES string of the molecule is NC(=O)c1ccc(OCC(=O)NC(c2ccccc2)c2ccccc2)cc1. The van der Waals surface area contributed by atoms with Crippen molar-refractivity contribution in [2.45, 2.75) is 6.04 Å². The normalized spacial score (nSPS) is 10.4. The van der Waals surface area contributed by atoms with E-state index in [0.717, 1.165) is 11.1 Å². The third kappa shape index (κ3) is 4.95. The maximum Gasteiger partial charge on any atom is 0.258 e. The summed E-state index contributed by atoms with van der Waals surface area (Å²) >= 11 is 0. The number of rotatable bonds is 7. The topological polar surface area (TPSA) is 81.4 Å². The molecule has 0 unspecified atom stereocenters. The minimum absolute atomic E-state index is 0.133. The molecule has 3 N–H and O–H groups in total. The van der Waals surface area contributed by atoms with Gasteiger partial charge in [-0.05, 0) is 35.4 Å². The highest BCUT2D eigenvalue weighted by Crippen LogP contribution is 2.21. The summed E-state index contributed by atoms with van der Waals surface area (Å²) in [6.07, 6.45) is 0. The van der Waals surface area contributed by atoms with Crippen LogP contribution in [0.25, 0.3) is 0 Å². The van der Waals surface area contributed by atoms with Crippen LogP contribution >= 0.6 is 0 Å². The van der Waals surface area contributed by atoms with Crippen molar-refractivity contribution in [3.05, 3.63) is 102 Å². The highest BCUT2D eigenvalue weighted by molar-refractivity contribution is 5.92. The summed E-state index contributed by atoms with van der Waals surface area (Å²) in [4.78, 5) is 23.5. The van der Waals surface area contributed by atoms with Crippen LogP contribution in [0, 0.1) is 0 Å². The first-order valence-electron chi connectivity index (χ1n) is 8.55. The Morgan fingerprint density at radius 2 is 1.33 bits per heavy atom. The van der Waals surface area contributed by atoms with E-state index >= 15 is 0 Å². The van der Waals surface area contributed by atoms with Crippen LogP contribution in [-0.4, -0.2) is 18.4 Å². The number of hydrogen-bond donors (Lipinski definition) is 2. The van der Waals surface area contributed by atoms with E-state index in [2.05, 4.69) is 5.32 Å². The lowest BCUT2D eigenvalue weighted by atomic mass is 9.99. The van der Waals surface area contributed by atoms with Crippen LogP contribution in [0.5, 0.6) is 5.75 Å². The average molecular weight is 360 g/mol. The van der Waals surface area contributed by atoms with Crippen molar-refractivity contribution >= 4 is 11.8 Å². The molecule has 2 amide bonds. The van der Waals surface area contributed by atoms with E-state index in [4.69, 9.17) is 10.5 Å². The van der Waals surface area contributed by atoms with Crippen LogP contribution in [0.15, 0.2) is 84.9 Å². The Morgan fingerprint density at radius 1 is 0.815 bits per heavy atom. The van der Waals surface area contributed by atoms with E-state index < -0.39 is 5.91 Å². The van der Waals surface area contributed by atoms with Gasteiger partial charge in [0.1, 0.15) is 5.75 Å². The zero-order valence-electron chi connectivity index (χ0n) is 14.7. The molecule has 136 valence electrons. The Labute approximate surface area is 157 Å². The largest absolute Gasteiger partial charge is 0.484 e. The van der Waals surface area contributed by atoms with Crippen LogP contribution < -0.4 is 15.8 Å². The number of nitrogens with one attached hydrogen (secondary N) is 1. The van der Waals surface area contributed by atoms with Crippen molar-refractivity contribution in [3.63, 3.8) is 0 Å². The van der Waals surface area contributed by atoms with Gasteiger partial charge in [-0.3, -0.25) is 9.59 Å². The van der Waals surface area contributed by atoms with Crippen molar-refractivity contribution in [1.29, 1.82) is 0 Å². The molecule has 27 heavy (non-hydrogen) atoms. The summed E-state index contributed by atoms with van der Waals surface area (Å²) in [6.45, 7) is -0.133. The predicted molar refractivity (Wildman–Crippen MR) is 103 cm³/mol. The number of primary amides is 1. The van der Waals surface area contributed by atoms with Gasteiger partial charge in [0.25, 0.3) is 5.91 Å². The predicted octanol–water partition coefficient (Wildman–Crippen LogP) is 3.07. The smallest absolute Gasteiger partial charge is 0.258 e. The molecule has 0 atom stereocenters. The first-order chi connectivity index (χ1) is 13.1. The molecule has 3 aromatic carbocycles. The quantitative estimate of drug-likeness (QED) is 0.679. The maximum atomic E-state index is 12.4.